The van der Waals surface area contributed by atoms with Gasteiger partial charge in [-0.1, -0.05) is 29.3 Å². The standard InChI is InChI=1S/C19H30Cl2N4O2/c1-3-22-18(23-8-7-15-16(20)5-4-6-17(15)21)24-13-19(2,26)14-25-9-11-27-12-10-25/h4-6,26H,3,7-14H2,1-2H3,(H2,22,23,24). The van der Waals surface area contributed by atoms with Gasteiger partial charge >= 0.3 is 0 Å². The Balaban J connectivity index is 1.87. The molecule has 1 fully saturated rings. The number of guanidine groups is 1. The number of aliphatic imine (C=N–C) groups is 1. The van der Waals surface area contributed by atoms with Gasteiger partial charge in [-0.2, -0.15) is 0 Å². The van der Waals surface area contributed by atoms with Crippen LogP contribution in [0.1, 0.15) is 19.4 Å². The van der Waals surface area contributed by atoms with Gasteiger partial charge in [-0.3, -0.25) is 9.89 Å². The Bertz CT molecular complexity index is 599. The van der Waals surface area contributed by atoms with Crippen molar-refractivity contribution in [1.29, 1.82) is 0 Å². The van der Waals surface area contributed by atoms with Crippen molar-refractivity contribution >= 4 is 29.2 Å². The fourth-order valence-electron chi connectivity index (χ4n) is 2.96. The van der Waals surface area contributed by atoms with Crippen LogP contribution in [-0.2, 0) is 11.2 Å². The van der Waals surface area contributed by atoms with Gasteiger partial charge in [0.1, 0.15) is 0 Å². The van der Waals surface area contributed by atoms with Gasteiger partial charge in [0.2, 0.25) is 0 Å². The summed E-state index contributed by atoms with van der Waals surface area (Å²) in [4.78, 5) is 6.75. The molecule has 27 heavy (non-hydrogen) atoms. The van der Waals surface area contributed by atoms with Crippen LogP contribution in [0.2, 0.25) is 10.0 Å². The summed E-state index contributed by atoms with van der Waals surface area (Å²) < 4.78 is 5.35. The molecule has 0 amide bonds. The first-order valence-corrected chi connectivity index (χ1v) is 10.1. The van der Waals surface area contributed by atoms with Crippen LogP contribution < -0.4 is 10.6 Å². The normalized spacial score (nSPS) is 18.2. The second-order valence-electron chi connectivity index (χ2n) is 6.96. The zero-order valence-corrected chi connectivity index (χ0v) is 17.6. The first-order chi connectivity index (χ1) is 12.9. The molecule has 1 atom stereocenters. The molecule has 6 nitrogen and oxygen atoms in total. The highest BCUT2D eigenvalue weighted by molar-refractivity contribution is 6.35. The highest BCUT2D eigenvalue weighted by Crippen LogP contribution is 2.24. The summed E-state index contributed by atoms with van der Waals surface area (Å²) >= 11 is 12.4. The van der Waals surface area contributed by atoms with E-state index in [0.29, 0.717) is 55.3 Å². The Hall–Kier alpha value is -1.05. The van der Waals surface area contributed by atoms with Crippen molar-refractivity contribution in [1.82, 2.24) is 15.5 Å². The predicted molar refractivity (Wildman–Crippen MR) is 112 cm³/mol. The number of β-amino-alcohol motifs (C(OH)–C–C–N with tert-alkyl or cyclic N) is 1. The van der Waals surface area contributed by atoms with E-state index in [-0.39, 0.29) is 0 Å². The molecule has 152 valence electrons. The number of hydrogen-bond acceptors (Lipinski definition) is 4. The largest absolute Gasteiger partial charge is 0.387 e. The Morgan fingerprint density at radius 3 is 2.56 bits per heavy atom. The number of halogens is 2. The lowest BCUT2D eigenvalue weighted by molar-refractivity contribution is -0.0179. The Morgan fingerprint density at radius 1 is 1.26 bits per heavy atom. The number of ether oxygens (including phenoxy) is 1. The van der Waals surface area contributed by atoms with Crippen LogP contribution in [0.15, 0.2) is 23.2 Å². The summed E-state index contributed by atoms with van der Waals surface area (Å²) in [6.07, 6.45) is 0.688. The minimum absolute atomic E-state index is 0.312. The number of benzene rings is 1. The maximum absolute atomic E-state index is 10.7. The molecule has 0 radical (unpaired) electrons. The maximum Gasteiger partial charge on any atom is 0.191 e. The Labute approximate surface area is 171 Å². The van der Waals surface area contributed by atoms with E-state index in [4.69, 9.17) is 27.9 Å². The first kappa shape index (κ1) is 22.2. The molecule has 1 unspecified atom stereocenters. The molecule has 0 aliphatic carbocycles. The van der Waals surface area contributed by atoms with Crippen LogP contribution in [0.5, 0.6) is 0 Å². The summed E-state index contributed by atoms with van der Waals surface area (Å²) in [5, 5.41) is 18.5. The lowest BCUT2D eigenvalue weighted by atomic mass is 10.1. The van der Waals surface area contributed by atoms with Crippen molar-refractivity contribution in [2.45, 2.75) is 25.9 Å². The minimum atomic E-state index is -0.897. The third-order valence-corrected chi connectivity index (χ3v) is 5.03. The van der Waals surface area contributed by atoms with Crippen LogP contribution in [-0.4, -0.2) is 74.0 Å². The Kier molecular flexibility index (Phi) is 9.12. The topological polar surface area (TPSA) is 69.1 Å². The summed E-state index contributed by atoms with van der Waals surface area (Å²) in [5.74, 6) is 0.669. The minimum Gasteiger partial charge on any atom is -0.387 e. The van der Waals surface area contributed by atoms with Crippen molar-refractivity contribution in [3.05, 3.63) is 33.8 Å². The van der Waals surface area contributed by atoms with E-state index in [0.717, 1.165) is 25.2 Å². The zero-order chi connectivity index (χ0) is 19.7. The summed E-state index contributed by atoms with van der Waals surface area (Å²) in [6.45, 7) is 9.22. The lowest BCUT2D eigenvalue weighted by Gasteiger charge is -2.33. The molecule has 1 saturated heterocycles. The van der Waals surface area contributed by atoms with Gasteiger partial charge in [0.05, 0.1) is 25.4 Å². The van der Waals surface area contributed by atoms with E-state index in [1.54, 1.807) is 0 Å². The van der Waals surface area contributed by atoms with Gasteiger partial charge < -0.3 is 20.5 Å². The van der Waals surface area contributed by atoms with Gasteiger partial charge in [0.15, 0.2) is 5.96 Å². The number of rotatable bonds is 8. The van der Waals surface area contributed by atoms with Crippen molar-refractivity contribution in [3.63, 3.8) is 0 Å². The van der Waals surface area contributed by atoms with Crippen molar-refractivity contribution < 1.29 is 9.84 Å². The number of hydrogen-bond donors (Lipinski definition) is 3. The van der Waals surface area contributed by atoms with E-state index < -0.39 is 5.60 Å². The molecule has 1 aromatic rings. The molecule has 1 aliphatic rings. The number of aliphatic hydroxyl groups is 1. The molecule has 0 bridgehead atoms. The highest BCUT2D eigenvalue weighted by Gasteiger charge is 2.25. The van der Waals surface area contributed by atoms with E-state index in [9.17, 15) is 5.11 Å². The van der Waals surface area contributed by atoms with Crippen LogP contribution >= 0.6 is 23.2 Å². The first-order valence-electron chi connectivity index (χ1n) is 9.39. The Morgan fingerprint density at radius 2 is 1.93 bits per heavy atom. The van der Waals surface area contributed by atoms with Gasteiger partial charge in [0.25, 0.3) is 0 Å². The second kappa shape index (κ2) is 11.1. The molecular weight excluding hydrogens is 387 g/mol. The van der Waals surface area contributed by atoms with Crippen molar-refractivity contribution in [3.8, 4) is 0 Å². The maximum atomic E-state index is 10.7. The fourth-order valence-corrected chi connectivity index (χ4v) is 3.55. The monoisotopic (exact) mass is 416 g/mol. The zero-order valence-electron chi connectivity index (χ0n) is 16.1. The number of nitrogens with one attached hydrogen (secondary N) is 2. The van der Waals surface area contributed by atoms with Gasteiger partial charge in [-0.25, -0.2) is 0 Å². The van der Waals surface area contributed by atoms with Crippen LogP contribution in [0.25, 0.3) is 0 Å². The molecule has 3 N–H and O–H groups in total. The second-order valence-corrected chi connectivity index (χ2v) is 7.77. The molecule has 2 rings (SSSR count). The molecule has 0 aromatic heterocycles. The molecule has 1 aromatic carbocycles. The fraction of sp³-hybridized carbons (Fsp3) is 0.632. The smallest absolute Gasteiger partial charge is 0.191 e. The molecule has 0 saturated carbocycles. The van der Waals surface area contributed by atoms with Crippen LogP contribution in [0.4, 0.5) is 0 Å². The summed E-state index contributed by atoms with van der Waals surface area (Å²) in [5.41, 5.74) is 0.0228. The number of nitrogens with zero attached hydrogens (tertiary/aromatic N) is 2. The van der Waals surface area contributed by atoms with Crippen molar-refractivity contribution in [2.75, 3.05) is 52.5 Å². The van der Waals surface area contributed by atoms with Gasteiger partial charge in [0, 0.05) is 42.8 Å². The third kappa shape index (κ3) is 7.84. The molecule has 1 aliphatic heterocycles. The molecule has 8 heteroatoms. The molecular formula is C19H30Cl2N4O2. The summed E-state index contributed by atoms with van der Waals surface area (Å²) in [6, 6.07) is 5.51. The van der Waals surface area contributed by atoms with E-state index in [1.807, 2.05) is 32.0 Å². The molecule has 0 spiro atoms. The van der Waals surface area contributed by atoms with E-state index in [2.05, 4.69) is 20.5 Å². The van der Waals surface area contributed by atoms with Gasteiger partial charge in [-0.15, -0.1) is 0 Å². The SMILES string of the molecule is CCNC(=NCC(C)(O)CN1CCOCC1)NCCc1c(Cl)cccc1Cl. The lowest BCUT2D eigenvalue weighted by Crippen LogP contribution is -2.48. The van der Waals surface area contributed by atoms with Crippen LogP contribution in [0.3, 0.4) is 0 Å². The third-order valence-electron chi connectivity index (χ3n) is 4.32. The molecule has 1 heterocycles. The average Bonchev–Trinajstić information content (AvgIpc) is 2.62. The number of morpholine rings is 1. The quantitative estimate of drug-likeness (QED) is 0.447. The average molecular weight is 417 g/mol. The van der Waals surface area contributed by atoms with E-state index >= 15 is 0 Å². The highest BCUT2D eigenvalue weighted by atomic mass is 35.5. The predicted octanol–water partition coefficient (Wildman–Crippen LogP) is 2.17. The van der Waals surface area contributed by atoms with E-state index in [1.165, 1.54) is 0 Å². The van der Waals surface area contributed by atoms with Gasteiger partial charge in [-0.05, 0) is 38.0 Å². The van der Waals surface area contributed by atoms with Crippen LogP contribution in [0, 0.1) is 0 Å². The summed E-state index contributed by atoms with van der Waals surface area (Å²) in [7, 11) is 0. The van der Waals surface area contributed by atoms with Crippen molar-refractivity contribution in [2.24, 2.45) is 4.99 Å².